The zero-order chi connectivity index (χ0) is 25.5. The Balaban J connectivity index is 0.00000148. The molecule has 3 aromatic rings. The molecule has 3 aromatic carbocycles. The molecule has 0 saturated carbocycles. The highest BCUT2D eigenvalue weighted by atomic mass is 32.2. The van der Waals surface area contributed by atoms with Crippen LogP contribution in [0.1, 0.15) is 47.7 Å². The molecule has 5 nitrogen and oxygen atoms in total. The van der Waals surface area contributed by atoms with Crippen molar-refractivity contribution in [3.63, 3.8) is 0 Å². The van der Waals surface area contributed by atoms with Crippen molar-refractivity contribution < 1.29 is 18.4 Å². The Morgan fingerprint density at radius 2 is 1.44 bits per heavy atom. The van der Waals surface area contributed by atoms with Crippen LogP contribution in [0.3, 0.4) is 0 Å². The fourth-order valence-electron chi connectivity index (χ4n) is 4.89. The van der Waals surface area contributed by atoms with Gasteiger partial charge in [-0.2, -0.15) is 0 Å². The van der Waals surface area contributed by atoms with E-state index >= 15 is 0 Å². The van der Waals surface area contributed by atoms with Gasteiger partial charge in [0, 0.05) is 24.5 Å². The first kappa shape index (κ1) is 26.0. The van der Waals surface area contributed by atoms with E-state index in [2.05, 4.69) is 41.3 Å². The van der Waals surface area contributed by atoms with Crippen LogP contribution in [-0.4, -0.2) is 32.8 Å². The topological polar surface area (TPSA) is 40.2 Å². The molecule has 36 heavy (non-hydrogen) atoms. The SMILES string of the molecule is CC.COc1cc2c(cc1OC)CN1CCc3cc(OC)c(OS/C=C/c4ccccc4)cc3C1C2. The van der Waals surface area contributed by atoms with Crippen molar-refractivity contribution in [2.45, 2.75) is 39.3 Å². The summed E-state index contributed by atoms with van der Waals surface area (Å²) in [5.41, 5.74) is 6.41. The second-order valence-electron chi connectivity index (χ2n) is 8.51. The Bertz CT molecular complexity index is 1200. The van der Waals surface area contributed by atoms with Gasteiger partial charge in [-0.25, -0.2) is 0 Å². The summed E-state index contributed by atoms with van der Waals surface area (Å²) >= 11 is 1.30. The van der Waals surface area contributed by atoms with Crippen LogP contribution in [0.2, 0.25) is 0 Å². The second-order valence-corrected chi connectivity index (χ2v) is 9.14. The molecule has 6 heteroatoms. The van der Waals surface area contributed by atoms with Crippen LogP contribution in [-0.2, 0) is 19.4 Å². The van der Waals surface area contributed by atoms with Crippen LogP contribution in [0, 0.1) is 0 Å². The molecule has 0 aliphatic carbocycles. The lowest BCUT2D eigenvalue weighted by Crippen LogP contribution is -2.39. The summed E-state index contributed by atoms with van der Waals surface area (Å²) in [6.45, 7) is 5.92. The monoisotopic (exact) mass is 505 g/mol. The van der Waals surface area contributed by atoms with E-state index in [1.807, 2.05) is 43.5 Å². The van der Waals surface area contributed by atoms with Crippen LogP contribution in [0.5, 0.6) is 23.0 Å². The molecule has 1 atom stereocenters. The summed E-state index contributed by atoms with van der Waals surface area (Å²) in [4.78, 5) is 2.55. The average Bonchev–Trinajstić information content (AvgIpc) is 2.94. The highest BCUT2D eigenvalue weighted by molar-refractivity contribution is 7.98. The minimum atomic E-state index is 0.299. The Labute approximate surface area is 219 Å². The van der Waals surface area contributed by atoms with Gasteiger partial charge < -0.3 is 18.4 Å². The minimum Gasteiger partial charge on any atom is -0.493 e. The molecule has 2 heterocycles. The third-order valence-corrected chi connectivity index (χ3v) is 7.16. The average molecular weight is 506 g/mol. The van der Waals surface area contributed by atoms with E-state index in [4.69, 9.17) is 18.4 Å². The summed E-state index contributed by atoms with van der Waals surface area (Å²) in [6, 6.07) is 19.1. The molecule has 0 fully saturated rings. The Kier molecular flexibility index (Phi) is 8.83. The first-order chi connectivity index (χ1) is 17.7. The van der Waals surface area contributed by atoms with Gasteiger partial charge in [0.2, 0.25) is 0 Å². The molecular formula is C30H35NO4S. The summed E-state index contributed by atoms with van der Waals surface area (Å²) in [5, 5.41) is 1.96. The first-order valence-electron chi connectivity index (χ1n) is 12.4. The maximum absolute atomic E-state index is 6.08. The molecule has 0 aromatic heterocycles. The molecule has 0 saturated heterocycles. The number of hydrogen-bond acceptors (Lipinski definition) is 6. The molecule has 0 amide bonds. The van der Waals surface area contributed by atoms with Gasteiger partial charge in [0.1, 0.15) is 0 Å². The van der Waals surface area contributed by atoms with Crippen molar-refractivity contribution in [3.05, 3.63) is 87.8 Å². The predicted octanol–water partition coefficient (Wildman–Crippen LogP) is 7.09. The van der Waals surface area contributed by atoms with Crippen LogP contribution >= 0.6 is 12.0 Å². The Hall–Kier alpha value is -3.09. The summed E-state index contributed by atoms with van der Waals surface area (Å²) < 4.78 is 22.8. The number of nitrogens with zero attached hydrogens (tertiary/aromatic N) is 1. The van der Waals surface area contributed by atoms with E-state index < -0.39 is 0 Å². The molecular weight excluding hydrogens is 470 g/mol. The largest absolute Gasteiger partial charge is 0.493 e. The molecule has 5 rings (SSSR count). The number of ether oxygens (including phenoxy) is 3. The van der Waals surface area contributed by atoms with Gasteiger partial charge in [-0.15, -0.1) is 0 Å². The molecule has 0 spiro atoms. The van der Waals surface area contributed by atoms with E-state index in [-0.39, 0.29) is 0 Å². The Morgan fingerprint density at radius 1 is 0.806 bits per heavy atom. The quantitative estimate of drug-likeness (QED) is 0.319. The smallest absolute Gasteiger partial charge is 0.180 e. The number of rotatable bonds is 7. The standard InChI is InChI=1S/C28H29NO4S.C2H6/c1-30-25-15-21-13-24-23-17-28(33-34-12-10-19-7-5-4-6-8-19)27(32-3)14-20(23)9-11-29(24)18-22(21)16-26(25)31-2;1-2/h4-8,10,12,14-17,24H,9,11,13,18H2,1-3H3;1-2H3/b12-10+;. The van der Waals surface area contributed by atoms with Gasteiger partial charge in [-0.05, 0) is 71.0 Å². The highest BCUT2D eigenvalue weighted by Crippen LogP contribution is 2.44. The van der Waals surface area contributed by atoms with E-state index in [0.29, 0.717) is 6.04 Å². The molecule has 1 unspecified atom stereocenters. The van der Waals surface area contributed by atoms with Gasteiger partial charge in [-0.3, -0.25) is 4.90 Å². The molecule has 0 bridgehead atoms. The third kappa shape index (κ3) is 5.50. The number of methoxy groups -OCH3 is 3. The van der Waals surface area contributed by atoms with Crippen molar-refractivity contribution >= 4 is 18.1 Å². The van der Waals surface area contributed by atoms with E-state index in [1.54, 1.807) is 21.3 Å². The van der Waals surface area contributed by atoms with Gasteiger partial charge in [0.05, 0.1) is 33.4 Å². The maximum Gasteiger partial charge on any atom is 0.180 e. The van der Waals surface area contributed by atoms with Crippen molar-refractivity contribution in [2.75, 3.05) is 27.9 Å². The van der Waals surface area contributed by atoms with E-state index in [9.17, 15) is 0 Å². The molecule has 190 valence electrons. The van der Waals surface area contributed by atoms with Crippen molar-refractivity contribution in [3.8, 4) is 23.0 Å². The van der Waals surface area contributed by atoms with Crippen LogP contribution < -0.4 is 18.4 Å². The predicted molar refractivity (Wildman–Crippen MR) is 148 cm³/mol. The van der Waals surface area contributed by atoms with E-state index in [0.717, 1.165) is 54.5 Å². The number of fused-ring (bicyclic) bond motifs is 4. The zero-order valence-electron chi connectivity index (χ0n) is 21.7. The van der Waals surface area contributed by atoms with Crippen LogP contribution in [0.25, 0.3) is 6.08 Å². The Morgan fingerprint density at radius 3 is 2.14 bits per heavy atom. The van der Waals surface area contributed by atoms with Crippen LogP contribution in [0.15, 0.2) is 60.0 Å². The number of benzene rings is 3. The van der Waals surface area contributed by atoms with Crippen molar-refractivity contribution in [1.82, 2.24) is 4.90 Å². The lowest BCUT2D eigenvalue weighted by atomic mass is 9.83. The first-order valence-corrected chi connectivity index (χ1v) is 13.2. The second kappa shape index (κ2) is 12.2. The maximum atomic E-state index is 6.08. The fourth-order valence-corrected chi connectivity index (χ4v) is 5.39. The third-order valence-electron chi connectivity index (χ3n) is 6.64. The van der Waals surface area contributed by atoms with E-state index in [1.165, 1.54) is 34.3 Å². The minimum absolute atomic E-state index is 0.299. The fraction of sp³-hybridized carbons (Fsp3) is 0.333. The highest BCUT2D eigenvalue weighted by Gasteiger charge is 2.34. The lowest BCUT2D eigenvalue weighted by Gasteiger charge is -2.41. The zero-order valence-corrected chi connectivity index (χ0v) is 22.6. The molecule has 0 radical (unpaired) electrons. The number of hydrogen-bond donors (Lipinski definition) is 0. The summed E-state index contributed by atoms with van der Waals surface area (Å²) in [5.74, 6) is 3.10. The van der Waals surface area contributed by atoms with Gasteiger partial charge >= 0.3 is 0 Å². The van der Waals surface area contributed by atoms with Gasteiger partial charge in [0.25, 0.3) is 0 Å². The van der Waals surface area contributed by atoms with Gasteiger partial charge in [-0.1, -0.05) is 44.2 Å². The summed E-state index contributed by atoms with van der Waals surface area (Å²) in [6.07, 6.45) is 3.96. The van der Waals surface area contributed by atoms with Gasteiger partial charge in [0.15, 0.2) is 23.0 Å². The molecule has 2 aliphatic rings. The van der Waals surface area contributed by atoms with Crippen LogP contribution in [0.4, 0.5) is 0 Å². The normalized spacial score (nSPS) is 16.2. The molecule has 2 aliphatic heterocycles. The van der Waals surface area contributed by atoms with Crippen molar-refractivity contribution in [1.29, 1.82) is 0 Å². The molecule has 0 N–H and O–H groups in total. The lowest BCUT2D eigenvalue weighted by molar-refractivity contribution is 0.160. The summed E-state index contributed by atoms with van der Waals surface area (Å²) in [7, 11) is 5.08. The van der Waals surface area contributed by atoms with Crippen molar-refractivity contribution in [2.24, 2.45) is 0 Å².